The molecule has 1 unspecified atom stereocenters. The normalized spacial score (nSPS) is 12.2. The molecule has 0 bridgehead atoms. The Morgan fingerprint density at radius 1 is 1.42 bits per heavy atom. The second-order valence-corrected chi connectivity index (χ2v) is 6.65. The number of aromatic nitrogens is 2. The minimum absolute atomic E-state index is 0.184. The Kier molecular flexibility index (Phi) is 7.81. The minimum atomic E-state index is -0.246. The zero-order chi connectivity index (χ0) is 14.1. The van der Waals surface area contributed by atoms with Crippen LogP contribution in [0.4, 0.5) is 5.13 Å². The second kappa shape index (κ2) is 9.14. The van der Waals surface area contributed by atoms with Gasteiger partial charge in [0.25, 0.3) is 0 Å². The maximum Gasteiger partial charge on any atom is 0.319 e. The average Bonchev–Trinajstić information content (AvgIpc) is 2.84. The molecule has 0 saturated heterocycles. The number of nitrogens with zero attached hydrogens (tertiary/aromatic N) is 2. The molecule has 1 N–H and O–H groups in total. The van der Waals surface area contributed by atoms with E-state index in [-0.39, 0.29) is 11.2 Å². The van der Waals surface area contributed by atoms with Crippen molar-refractivity contribution in [2.45, 2.75) is 49.6 Å². The van der Waals surface area contributed by atoms with Gasteiger partial charge in [-0.15, -0.1) is 10.2 Å². The first-order valence-electron chi connectivity index (χ1n) is 6.58. The maximum absolute atomic E-state index is 11.7. The number of anilines is 1. The summed E-state index contributed by atoms with van der Waals surface area (Å²) in [7, 11) is 0. The van der Waals surface area contributed by atoms with Crippen LogP contribution in [0.5, 0.6) is 0 Å². The smallest absolute Gasteiger partial charge is 0.319 e. The molecule has 0 amide bonds. The van der Waals surface area contributed by atoms with Gasteiger partial charge < -0.3 is 10.1 Å². The van der Waals surface area contributed by atoms with Crippen molar-refractivity contribution >= 4 is 34.2 Å². The van der Waals surface area contributed by atoms with Crippen molar-refractivity contribution in [3.63, 3.8) is 0 Å². The predicted molar refractivity (Wildman–Crippen MR) is 79.9 cm³/mol. The first kappa shape index (κ1) is 16.2. The van der Waals surface area contributed by atoms with Gasteiger partial charge in [0, 0.05) is 6.54 Å². The summed E-state index contributed by atoms with van der Waals surface area (Å²) in [5.74, 6) is -0.184. The van der Waals surface area contributed by atoms with E-state index in [1.165, 1.54) is 23.1 Å². The number of ether oxygens (including phenoxy) is 1. The van der Waals surface area contributed by atoms with Crippen molar-refractivity contribution in [1.29, 1.82) is 0 Å². The molecule has 7 heteroatoms. The standard InChI is InChI=1S/C12H21N3O2S2/c1-4-6-8-17-10(16)9(3)18-12-15-14-11(19-12)13-7-5-2/h9H,4-8H2,1-3H3,(H,13,14). The fourth-order valence-electron chi connectivity index (χ4n) is 1.19. The Morgan fingerprint density at radius 3 is 2.89 bits per heavy atom. The Bertz CT molecular complexity index is 385. The summed E-state index contributed by atoms with van der Waals surface area (Å²) >= 11 is 2.86. The van der Waals surface area contributed by atoms with E-state index in [1.807, 2.05) is 6.92 Å². The summed E-state index contributed by atoms with van der Waals surface area (Å²) in [6.07, 6.45) is 2.98. The summed E-state index contributed by atoms with van der Waals surface area (Å²) in [5, 5.41) is 11.8. The Labute approximate surface area is 122 Å². The first-order valence-corrected chi connectivity index (χ1v) is 8.27. The highest BCUT2D eigenvalue weighted by Crippen LogP contribution is 2.29. The fraction of sp³-hybridized carbons (Fsp3) is 0.750. The summed E-state index contributed by atoms with van der Waals surface area (Å²) in [6.45, 7) is 7.38. The molecule has 0 saturated carbocycles. The van der Waals surface area contributed by atoms with Crippen LogP contribution >= 0.6 is 23.1 Å². The van der Waals surface area contributed by atoms with Gasteiger partial charge in [0.2, 0.25) is 5.13 Å². The van der Waals surface area contributed by atoms with Gasteiger partial charge in [-0.3, -0.25) is 4.79 Å². The van der Waals surface area contributed by atoms with Crippen LogP contribution in [0, 0.1) is 0 Å². The van der Waals surface area contributed by atoms with Gasteiger partial charge in [-0.2, -0.15) is 0 Å². The van der Waals surface area contributed by atoms with Gasteiger partial charge >= 0.3 is 5.97 Å². The summed E-state index contributed by atoms with van der Waals surface area (Å²) < 4.78 is 5.96. The lowest BCUT2D eigenvalue weighted by atomic mass is 10.4. The summed E-state index contributed by atoms with van der Waals surface area (Å²) in [4.78, 5) is 11.7. The molecular weight excluding hydrogens is 282 g/mol. The van der Waals surface area contributed by atoms with Crippen molar-refractivity contribution < 1.29 is 9.53 Å². The zero-order valence-electron chi connectivity index (χ0n) is 11.6. The molecule has 1 heterocycles. The quantitative estimate of drug-likeness (QED) is 0.429. The third kappa shape index (κ3) is 6.24. The number of hydrogen-bond donors (Lipinski definition) is 1. The van der Waals surface area contributed by atoms with Crippen molar-refractivity contribution in [1.82, 2.24) is 10.2 Å². The highest BCUT2D eigenvalue weighted by molar-refractivity contribution is 8.02. The topological polar surface area (TPSA) is 64.1 Å². The number of rotatable bonds is 9. The van der Waals surface area contributed by atoms with Crippen molar-refractivity contribution in [2.24, 2.45) is 0 Å². The fourth-order valence-corrected chi connectivity index (χ4v) is 3.11. The minimum Gasteiger partial charge on any atom is -0.465 e. The van der Waals surface area contributed by atoms with Crippen LogP contribution in [-0.4, -0.2) is 34.6 Å². The average molecular weight is 303 g/mol. The number of carbonyl (C=O) groups is 1. The summed E-state index contributed by atoms with van der Waals surface area (Å²) in [5.41, 5.74) is 0. The molecular formula is C12H21N3O2S2. The van der Waals surface area contributed by atoms with Crippen LogP contribution in [0.2, 0.25) is 0 Å². The number of nitrogens with one attached hydrogen (secondary N) is 1. The molecule has 0 aliphatic rings. The number of thioether (sulfide) groups is 1. The van der Waals surface area contributed by atoms with E-state index in [9.17, 15) is 4.79 Å². The molecule has 5 nitrogen and oxygen atoms in total. The molecule has 1 aromatic heterocycles. The second-order valence-electron chi connectivity index (χ2n) is 4.08. The first-order chi connectivity index (χ1) is 9.17. The van der Waals surface area contributed by atoms with Crippen molar-refractivity contribution in [3.05, 3.63) is 0 Å². The van der Waals surface area contributed by atoms with E-state index in [0.29, 0.717) is 6.61 Å². The molecule has 0 aromatic carbocycles. The number of hydrogen-bond acceptors (Lipinski definition) is 7. The van der Waals surface area contributed by atoms with Crippen LogP contribution < -0.4 is 5.32 Å². The molecule has 19 heavy (non-hydrogen) atoms. The molecule has 0 radical (unpaired) electrons. The molecule has 1 atom stereocenters. The largest absolute Gasteiger partial charge is 0.465 e. The summed E-state index contributed by atoms with van der Waals surface area (Å²) in [6, 6.07) is 0. The van der Waals surface area contributed by atoms with Crippen molar-refractivity contribution in [2.75, 3.05) is 18.5 Å². The molecule has 108 valence electrons. The van der Waals surface area contributed by atoms with Gasteiger partial charge in [-0.25, -0.2) is 0 Å². The molecule has 0 aliphatic carbocycles. The third-order valence-electron chi connectivity index (χ3n) is 2.28. The third-order valence-corrected chi connectivity index (χ3v) is 4.33. The predicted octanol–water partition coefficient (Wildman–Crippen LogP) is 3.18. The SMILES string of the molecule is CCCCOC(=O)C(C)Sc1nnc(NCCC)s1. The maximum atomic E-state index is 11.7. The number of unbranched alkanes of at least 4 members (excludes halogenated alkanes) is 1. The van der Waals surface area contributed by atoms with Gasteiger partial charge in [0.05, 0.1) is 6.61 Å². The Morgan fingerprint density at radius 2 is 2.21 bits per heavy atom. The number of esters is 1. The van der Waals surface area contributed by atoms with E-state index >= 15 is 0 Å². The molecule has 1 rings (SSSR count). The lowest BCUT2D eigenvalue weighted by molar-refractivity contribution is -0.142. The highest BCUT2D eigenvalue weighted by Gasteiger charge is 2.18. The van der Waals surface area contributed by atoms with E-state index in [1.54, 1.807) is 0 Å². The van der Waals surface area contributed by atoms with E-state index in [0.717, 1.165) is 35.3 Å². The van der Waals surface area contributed by atoms with Crippen LogP contribution in [0.3, 0.4) is 0 Å². The van der Waals surface area contributed by atoms with Gasteiger partial charge in [0.15, 0.2) is 4.34 Å². The van der Waals surface area contributed by atoms with Crippen molar-refractivity contribution in [3.8, 4) is 0 Å². The van der Waals surface area contributed by atoms with Crippen LogP contribution in [0.1, 0.15) is 40.0 Å². The molecule has 0 aliphatic heterocycles. The van der Waals surface area contributed by atoms with E-state index < -0.39 is 0 Å². The van der Waals surface area contributed by atoms with Gasteiger partial charge in [-0.05, 0) is 19.8 Å². The van der Waals surface area contributed by atoms with Crippen LogP contribution in [0.25, 0.3) is 0 Å². The van der Waals surface area contributed by atoms with E-state index in [4.69, 9.17) is 4.74 Å². The lowest BCUT2D eigenvalue weighted by Crippen LogP contribution is -2.17. The van der Waals surface area contributed by atoms with Gasteiger partial charge in [0.1, 0.15) is 5.25 Å². The highest BCUT2D eigenvalue weighted by atomic mass is 32.2. The monoisotopic (exact) mass is 303 g/mol. The Balaban J connectivity index is 2.36. The van der Waals surface area contributed by atoms with E-state index in [2.05, 4.69) is 29.4 Å². The lowest BCUT2D eigenvalue weighted by Gasteiger charge is -2.08. The molecule has 0 fully saturated rings. The van der Waals surface area contributed by atoms with Crippen LogP contribution in [-0.2, 0) is 9.53 Å². The molecule has 1 aromatic rings. The zero-order valence-corrected chi connectivity index (χ0v) is 13.3. The number of carbonyl (C=O) groups excluding carboxylic acids is 1. The van der Waals surface area contributed by atoms with Crippen LogP contribution in [0.15, 0.2) is 4.34 Å². The Hall–Kier alpha value is -0.820. The van der Waals surface area contributed by atoms with Gasteiger partial charge in [-0.1, -0.05) is 43.4 Å². The molecule has 0 spiro atoms.